The van der Waals surface area contributed by atoms with Gasteiger partial charge in [-0.3, -0.25) is 9.89 Å². The van der Waals surface area contributed by atoms with Gasteiger partial charge >= 0.3 is 6.01 Å². The maximum absolute atomic E-state index is 14.7. The van der Waals surface area contributed by atoms with Crippen LogP contribution in [0.4, 0.5) is 10.2 Å². The third kappa shape index (κ3) is 5.66. The second-order valence-corrected chi connectivity index (χ2v) is 11.3. The van der Waals surface area contributed by atoms with Crippen molar-refractivity contribution in [3.05, 3.63) is 47.0 Å². The molecule has 2 aliphatic rings. The lowest BCUT2D eigenvalue weighted by Crippen LogP contribution is -2.48. The van der Waals surface area contributed by atoms with Crippen molar-refractivity contribution in [3.63, 3.8) is 0 Å². The Kier molecular flexibility index (Phi) is 8.02. The number of hydrogen-bond donors (Lipinski definition) is 1. The SMILES string of the molecule is C=CC(=O)N1CCN(c2nc(OC[C@@H]3CCCN(C)C3)nc3c(Oc4c(Cl)c(F)cc5[nH]ncc45)nc(Cl)cc23)CC1. The minimum absolute atomic E-state index is 0.0128. The molecule has 5 heterocycles. The highest BCUT2D eigenvalue weighted by molar-refractivity contribution is 6.33. The van der Waals surface area contributed by atoms with Crippen LogP contribution in [0.1, 0.15) is 12.8 Å². The van der Waals surface area contributed by atoms with Crippen molar-refractivity contribution in [2.75, 3.05) is 57.8 Å². The molecule has 1 N–H and O–H groups in total. The van der Waals surface area contributed by atoms with Gasteiger partial charge in [-0.1, -0.05) is 29.8 Å². The first-order valence-corrected chi connectivity index (χ1v) is 14.4. The number of halogens is 3. The lowest BCUT2D eigenvalue weighted by Gasteiger charge is -2.35. The number of hydrogen-bond acceptors (Lipinski definition) is 9. The molecule has 0 radical (unpaired) electrons. The maximum Gasteiger partial charge on any atom is 0.319 e. The van der Waals surface area contributed by atoms with Crippen LogP contribution < -0.4 is 14.4 Å². The van der Waals surface area contributed by atoms with Crippen LogP contribution in [0.15, 0.2) is 31.0 Å². The molecule has 220 valence electrons. The van der Waals surface area contributed by atoms with E-state index in [9.17, 15) is 9.18 Å². The fourth-order valence-corrected chi connectivity index (χ4v) is 5.86. The highest BCUT2D eigenvalue weighted by Gasteiger charge is 2.27. The number of fused-ring (bicyclic) bond motifs is 2. The molecule has 2 fully saturated rings. The van der Waals surface area contributed by atoms with E-state index in [1.165, 1.54) is 18.3 Å². The number of piperazine rings is 1. The lowest BCUT2D eigenvalue weighted by atomic mass is 10.00. The van der Waals surface area contributed by atoms with Gasteiger partial charge in [-0.25, -0.2) is 4.39 Å². The molecule has 14 heteroatoms. The number of piperidine rings is 1. The van der Waals surface area contributed by atoms with Gasteiger partial charge < -0.3 is 24.2 Å². The van der Waals surface area contributed by atoms with Crippen LogP contribution >= 0.6 is 23.2 Å². The summed E-state index contributed by atoms with van der Waals surface area (Å²) in [5, 5.41) is 7.64. The second kappa shape index (κ2) is 11.9. The molecule has 11 nitrogen and oxygen atoms in total. The van der Waals surface area contributed by atoms with Crippen molar-refractivity contribution in [2.24, 2.45) is 5.92 Å². The molecule has 1 atom stereocenters. The minimum Gasteiger partial charge on any atom is -0.463 e. The quantitative estimate of drug-likeness (QED) is 0.234. The third-order valence-electron chi connectivity index (χ3n) is 7.61. The first-order valence-electron chi connectivity index (χ1n) is 13.7. The monoisotopic (exact) mass is 614 g/mol. The first kappa shape index (κ1) is 28.4. The molecular weight excluding hydrogens is 586 g/mol. The van der Waals surface area contributed by atoms with Crippen molar-refractivity contribution in [2.45, 2.75) is 12.8 Å². The van der Waals surface area contributed by atoms with Gasteiger partial charge in [0.15, 0.2) is 5.75 Å². The number of nitrogens with zero attached hydrogens (tertiary/aromatic N) is 7. The highest BCUT2D eigenvalue weighted by Crippen LogP contribution is 2.41. The van der Waals surface area contributed by atoms with Crippen LogP contribution in [0.3, 0.4) is 0 Å². The topological polar surface area (TPSA) is 113 Å². The van der Waals surface area contributed by atoms with Crippen molar-refractivity contribution in [1.29, 1.82) is 0 Å². The predicted molar refractivity (Wildman–Crippen MR) is 158 cm³/mol. The van der Waals surface area contributed by atoms with Crippen LogP contribution in [0.2, 0.25) is 10.2 Å². The number of nitrogens with one attached hydrogen (secondary N) is 1. The Labute approximate surface area is 251 Å². The van der Waals surface area contributed by atoms with Gasteiger partial charge in [-0.2, -0.15) is 20.1 Å². The summed E-state index contributed by atoms with van der Waals surface area (Å²) in [6, 6.07) is 3.05. The summed E-state index contributed by atoms with van der Waals surface area (Å²) in [6.07, 6.45) is 4.95. The van der Waals surface area contributed by atoms with E-state index in [0.29, 0.717) is 66.3 Å². The van der Waals surface area contributed by atoms with Crippen molar-refractivity contribution in [3.8, 4) is 17.6 Å². The van der Waals surface area contributed by atoms with Gasteiger partial charge in [-0.05, 0) is 38.6 Å². The van der Waals surface area contributed by atoms with Crippen LogP contribution in [0, 0.1) is 11.7 Å². The fourth-order valence-electron chi connectivity index (χ4n) is 5.48. The van der Waals surface area contributed by atoms with Crippen LogP contribution in [-0.2, 0) is 4.79 Å². The summed E-state index contributed by atoms with van der Waals surface area (Å²) in [6.45, 7) is 8.02. The number of pyridine rings is 1. The second-order valence-electron chi connectivity index (χ2n) is 10.5. The fraction of sp³-hybridized carbons (Fsp3) is 0.393. The molecule has 1 aromatic carbocycles. The number of ether oxygens (including phenoxy) is 2. The number of aromatic nitrogens is 5. The Morgan fingerprint density at radius 1 is 1.17 bits per heavy atom. The number of benzene rings is 1. The van der Waals surface area contributed by atoms with Crippen LogP contribution in [0.5, 0.6) is 17.6 Å². The standard InChI is InChI=1S/C28H29Cl2FN8O3/c1-3-22(40)38-7-9-39(10-8-38)26-17-11-21(29)33-27(42-25-18-13-32-36-20(18)12-19(31)23(25)30)24(17)34-28(35-26)41-15-16-5-4-6-37(2)14-16/h3,11-13,16H,1,4-10,14-15H2,2H3,(H,32,36)/t16-/m1/s1. The summed E-state index contributed by atoms with van der Waals surface area (Å²) in [7, 11) is 2.10. The zero-order valence-corrected chi connectivity index (χ0v) is 24.5. The molecule has 0 saturated carbocycles. The number of likely N-dealkylation sites (tertiary alicyclic amines) is 1. The minimum atomic E-state index is -0.682. The smallest absolute Gasteiger partial charge is 0.319 e. The Morgan fingerprint density at radius 2 is 1.98 bits per heavy atom. The Balaban J connectivity index is 1.41. The summed E-state index contributed by atoms with van der Waals surface area (Å²) >= 11 is 12.8. The van der Waals surface area contributed by atoms with E-state index in [1.54, 1.807) is 11.0 Å². The molecule has 0 unspecified atom stereocenters. The summed E-state index contributed by atoms with van der Waals surface area (Å²) in [5.41, 5.74) is 0.726. The van der Waals surface area contributed by atoms with Gasteiger partial charge in [-0.15, -0.1) is 0 Å². The Bertz CT molecular complexity index is 1660. The molecule has 1 amide bonds. The summed E-state index contributed by atoms with van der Waals surface area (Å²) < 4.78 is 27.0. The number of H-pyrrole nitrogens is 1. The number of amides is 1. The normalized spacial score (nSPS) is 18.0. The molecular formula is C28H29Cl2FN8O3. The molecule has 3 aromatic heterocycles. The third-order valence-corrected chi connectivity index (χ3v) is 8.15. The zero-order valence-electron chi connectivity index (χ0n) is 22.9. The lowest BCUT2D eigenvalue weighted by molar-refractivity contribution is -0.126. The van der Waals surface area contributed by atoms with Gasteiger partial charge in [0.05, 0.1) is 29.1 Å². The van der Waals surface area contributed by atoms with Gasteiger partial charge in [0.1, 0.15) is 27.3 Å². The molecule has 0 bridgehead atoms. The molecule has 42 heavy (non-hydrogen) atoms. The van der Waals surface area contributed by atoms with E-state index in [1.807, 2.05) is 4.90 Å². The molecule has 4 aromatic rings. The number of rotatable bonds is 7. The number of carbonyl (C=O) groups excluding carboxylic acids is 1. The van der Waals surface area contributed by atoms with E-state index in [2.05, 4.69) is 38.7 Å². The van der Waals surface area contributed by atoms with Gasteiger partial charge in [0.25, 0.3) is 0 Å². The van der Waals surface area contributed by atoms with E-state index in [-0.39, 0.29) is 33.7 Å². The molecule has 2 saturated heterocycles. The van der Waals surface area contributed by atoms with Crippen LogP contribution in [-0.4, -0.2) is 93.8 Å². The van der Waals surface area contributed by atoms with Crippen LogP contribution in [0.25, 0.3) is 21.8 Å². The Hall–Kier alpha value is -3.74. The highest BCUT2D eigenvalue weighted by atomic mass is 35.5. The average molecular weight is 615 g/mol. The average Bonchev–Trinajstić information content (AvgIpc) is 3.46. The Morgan fingerprint density at radius 3 is 2.74 bits per heavy atom. The van der Waals surface area contributed by atoms with E-state index in [4.69, 9.17) is 37.7 Å². The number of aromatic amines is 1. The predicted octanol–water partition coefficient (Wildman–Crippen LogP) is 4.69. The van der Waals surface area contributed by atoms with E-state index < -0.39 is 5.82 Å². The zero-order chi connectivity index (χ0) is 29.4. The largest absolute Gasteiger partial charge is 0.463 e. The summed E-state index contributed by atoms with van der Waals surface area (Å²) in [5.74, 6) is 0.135. The number of anilines is 1. The molecule has 2 aliphatic heterocycles. The van der Waals surface area contributed by atoms with E-state index >= 15 is 0 Å². The number of carbonyl (C=O) groups is 1. The van der Waals surface area contributed by atoms with Crippen molar-refractivity contribution >= 4 is 56.7 Å². The van der Waals surface area contributed by atoms with Crippen molar-refractivity contribution in [1.82, 2.24) is 34.9 Å². The molecule has 0 aliphatic carbocycles. The van der Waals surface area contributed by atoms with Gasteiger partial charge in [0, 0.05) is 44.7 Å². The molecule has 0 spiro atoms. The van der Waals surface area contributed by atoms with Gasteiger partial charge in [0.2, 0.25) is 11.8 Å². The summed E-state index contributed by atoms with van der Waals surface area (Å²) in [4.78, 5) is 32.1. The maximum atomic E-state index is 14.7. The molecule has 6 rings (SSSR count). The van der Waals surface area contributed by atoms with Crippen molar-refractivity contribution < 1.29 is 18.7 Å². The van der Waals surface area contributed by atoms with E-state index in [0.717, 1.165) is 25.9 Å². The first-order chi connectivity index (χ1) is 20.3.